The first kappa shape index (κ1) is 13.7. The van der Waals surface area contributed by atoms with Gasteiger partial charge in [-0.2, -0.15) is 0 Å². The van der Waals surface area contributed by atoms with E-state index in [4.69, 9.17) is 5.84 Å². The Hall–Kier alpha value is -2.74. The van der Waals surface area contributed by atoms with Gasteiger partial charge in [-0.05, 0) is 19.1 Å². The van der Waals surface area contributed by atoms with Crippen LogP contribution in [-0.2, 0) is 6.54 Å². The lowest BCUT2D eigenvalue weighted by atomic mass is 10.2. The molecule has 1 aromatic heterocycles. The van der Waals surface area contributed by atoms with Crippen molar-refractivity contribution < 1.29 is 4.92 Å². The van der Waals surface area contributed by atoms with Crippen LogP contribution in [0.25, 0.3) is 0 Å². The van der Waals surface area contributed by atoms with Crippen LogP contribution < -0.4 is 16.6 Å². The summed E-state index contributed by atoms with van der Waals surface area (Å²) in [7, 11) is 0. The molecule has 104 valence electrons. The summed E-state index contributed by atoms with van der Waals surface area (Å²) in [5.74, 6) is 5.41. The van der Waals surface area contributed by atoms with Crippen LogP contribution in [0.2, 0.25) is 0 Å². The van der Waals surface area contributed by atoms with E-state index in [0.29, 0.717) is 0 Å². The van der Waals surface area contributed by atoms with Gasteiger partial charge in [0.25, 0.3) is 0 Å². The first-order chi connectivity index (χ1) is 9.61. The zero-order valence-electron chi connectivity index (χ0n) is 10.8. The molecule has 0 atom stereocenters. The van der Waals surface area contributed by atoms with E-state index in [-0.39, 0.29) is 29.6 Å². The van der Waals surface area contributed by atoms with Crippen LogP contribution in [-0.4, -0.2) is 14.9 Å². The minimum Gasteiger partial charge on any atom is -0.379 e. The number of nitro groups is 1. The number of hydrogen-bond donors (Lipinski definition) is 3. The molecule has 0 spiro atoms. The average Bonchev–Trinajstić information content (AvgIpc) is 2.45. The smallest absolute Gasteiger partial charge is 0.313 e. The number of aromatic nitrogens is 2. The summed E-state index contributed by atoms with van der Waals surface area (Å²) >= 11 is 0. The van der Waals surface area contributed by atoms with Crippen LogP contribution in [0.4, 0.5) is 17.3 Å². The zero-order valence-corrected chi connectivity index (χ0v) is 10.8. The third kappa shape index (κ3) is 2.98. The topological polar surface area (TPSA) is 119 Å². The molecule has 0 unspecified atom stereocenters. The number of benzene rings is 1. The van der Waals surface area contributed by atoms with Crippen molar-refractivity contribution in [3.8, 4) is 0 Å². The molecule has 0 fully saturated rings. The second-order valence-electron chi connectivity index (χ2n) is 4.05. The zero-order chi connectivity index (χ0) is 14.5. The Kier molecular flexibility index (Phi) is 4.06. The quantitative estimate of drug-likeness (QED) is 0.430. The highest BCUT2D eigenvalue weighted by Crippen LogP contribution is 2.22. The average molecular weight is 274 g/mol. The molecular weight excluding hydrogens is 260 g/mol. The van der Waals surface area contributed by atoms with E-state index in [2.05, 4.69) is 20.7 Å². The van der Waals surface area contributed by atoms with Crippen LogP contribution in [0.1, 0.15) is 11.4 Å². The Morgan fingerprint density at radius 3 is 2.60 bits per heavy atom. The molecule has 8 nitrogen and oxygen atoms in total. The Labute approximate surface area is 115 Å². The maximum absolute atomic E-state index is 11.1. The molecule has 0 aliphatic carbocycles. The van der Waals surface area contributed by atoms with Crippen molar-refractivity contribution in [3.05, 3.63) is 51.8 Å². The van der Waals surface area contributed by atoms with Gasteiger partial charge in [-0.25, -0.2) is 15.8 Å². The van der Waals surface area contributed by atoms with Crippen LogP contribution in [0, 0.1) is 17.0 Å². The van der Waals surface area contributed by atoms with Crippen molar-refractivity contribution in [2.45, 2.75) is 13.5 Å². The fraction of sp³-hybridized carbons (Fsp3) is 0.167. The molecule has 0 aliphatic heterocycles. The van der Waals surface area contributed by atoms with Gasteiger partial charge in [-0.15, -0.1) is 0 Å². The summed E-state index contributed by atoms with van der Waals surface area (Å²) in [6.45, 7) is 1.75. The number of nitrogens with two attached hydrogens (primary N) is 1. The van der Waals surface area contributed by atoms with Gasteiger partial charge in [0.2, 0.25) is 5.95 Å². The van der Waals surface area contributed by atoms with E-state index in [1.165, 1.54) is 0 Å². The molecule has 0 amide bonds. The van der Waals surface area contributed by atoms with E-state index in [0.717, 1.165) is 5.69 Å². The maximum Gasteiger partial charge on any atom is 0.313 e. The van der Waals surface area contributed by atoms with E-state index < -0.39 is 4.92 Å². The lowest BCUT2D eigenvalue weighted by Crippen LogP contribution is -2.15. The normalized spacial score (nSPS) is 10.1. The van der Waals surface area contributed by atoms with Crippen molar-refractivity contribution in [2.75, 3.05) is 10.7 Å². The lowest BCUT2D eigenvalue weighted by Gasteiger charge is -2.09. The third-order valence-corrected chi connectivity index (χ3v) is 2.68. The molecule has 0 aliphatic rings. The molecule has 0 radical (unpaired) electrons. The number of hydrogen-bond acceptors (Lipinski definition) is 7. The van der Waals surface area contributed by atoms with E-state index in [1.54, 1.807) is 6.92 Å². The summed E-state index contributed by atoms with van der Waals surface area (Å²) in [4.78, 5) is 18.6. The number of hydrazine groups is 1. The second-order valence-corrected chi connectivity index (χ2v) is 4.05. The molecule has 20 heavy (non-hydrogen) atoms. The number of nitrogens with zero attached hydrogens (tertiary/aromatic N) is 3. The minimum atomic E-state index is -0.488. The molecule has 1 heterocycles. The summed E-state index contributed by atoms with van der Waals surface area (Å²) in [6.07, 6.45) is 0. The Bertz CT molecular complexity index is 617. The molecule has 1 aromatic carbocycles. The highest BCUT2D eigenvalue weighted by atomic mass is 16.6. The number of anilines is 2. The highest BCUT2D eigenvalue weighted by Gasteiger charge is 2.21. The van der Waals surface area contributed by atoms with E-state index in [1.807, 2.05) is 30.3 Å². The van der Waals surface area contributed by atoms with Crippen LogP contribution >= 0.6 is 0 Å². The summed E-state index contributed by atoms with van der Waals surface area (Å²) < 4.78 is 0. The monoisotopic (exact) mass is 274 g/mol. The van der Waals surface area contributed by atoms with Gasteiger partial charge in [-0.3, -0.25) is 15.5 Å². The molecule has 0 saturated heterocycles. The SMILES string of the molecule is Cc1nc(NN)nc(CNc2ccccc2)c1[N+](=O)[O-]. The lowest BCUT2D eigenvalue weighted by molar-refractivity contribution is -0.386. The van der Waals surface area contributed by atoms with Gasteiger partial charge in [0, 0.05) is 5.69 Å². The molecule has 0 saturated carbocycles. The van der Waals surface area contributed by atoms with Crippen LogP contribution in [0.15, 0.2) is 30.3 Å². The number of para-hydroxylation sites is 1. The summed E-state index contributed by atoms with van der Waals surface area (Å²) in [6, 6.07) is 9.35. The second kappa shape index (κ2) is 5.93. The van der Waals surface area contributed by atoms with Gasteiger partial charge in [0.1, 0.15) is 11.4 Å². The molecule has 2 rings (SSSR count). The third-order valence-electron chi connectivity index (χ3n) is 2.68. The van der Waals surface area contributed by atoms with E-state index >= 15 is 0 Å². The number of nitrogen functional groups attached to an aromatic ring is 1. The molecule has 2 aromatic rings. The van der Waals surface area contributed by atoms with Gasteiger partial charge in [0.05, 0.1) is 11.5 Å². The predicted octanol–water partition coefficient (Wildman–Crippen LogP) is 1.59. The van der Waals surface area contributed by atoms with Crippen molar-refractivity contribution in [1.29, 1.82) is 0 Å². The largest absolute Gasteiger partial charge is 0.379 e. The highest BCUT2D eigenvalue weighted by molar-refractivity contribution is 5.48. The first-order valence-electron chi connectivity index (χ1n) is 5.89. The first-order valence-corrected chi connectivity index (χ1v) is 5.89. The van der Waals surface area contributed by atoms with Gasteiger partial charge < -0.3 is 5.32 Å². The van der Waals surface area contributed by atoms with Gasteiger partial charge in [-0.1, -0.05) is 18.2 Å². The summed E-state index contributed by atoms with van der Waals surface area (Å²) in [5.41, 5.74) is 3.59. The Balaban J connectivity index is 2.29. The van der Waals surface area contributed by atoms with E-state index in [9.17, 15) is 10.1 Å². The minimum absolute atomic E-state index is 0.104. The number of aryl methyl sites for hydroxylation is 1. The van der Waals surface area contributed by atoms with Crippen molar-refractivity contribution in [1.82, 2.24) is 9.97 Å². The maximum atomic E-state index is 11.1. The Morgan fingerprint density at radius 2 is 2.00 bits per heavy atom. The fourth-order valence-corrected chi connectivity index (χ4v) is 1.79. The standard InChI is InChI=1S/C12H14N6O2/c1-8-11(18(19)20)10(16-12(15-8)17-13)7-14-9-5-3-2-4-6-9/h2-6,14H,7,13H2,1H3,(H,15,16,17). The number of rotatable bonds is 5. The molecule has 4 N–H and O–H groups in total. The number of nitrogens with one attached hydrogen (secondary N) is 2. The fourth-order valence-electron chi connectivity index (χ4n) is 1.79. The van der Waals surface area contributed by atoms with Crippen LogP contribution in [0.5, 0.6) is 0 Å². The van der Waals surface area contributed by atoms with Crippen LogP contribution in [0.3, 0.4) is 0 Å². The molecule has 8 heteroatoms. The van der Waals surface area contributed by atoms with Crippen molar-refractivity contribution in [3.63, 3.8) is 0 Å². The van der Waals surface area contributed by atoms with Crippen molar-refractivity contribution >= 4 is 17.3 Å². The van der Waals surface area contributed by atoms with Crippen molar-refractivity contribution in [2.24, 2.45) is 5.84 Å². The predicted molar refractivity (Wildman–Crippen MR) is 75.0 cm³/mol. The molecular formula is C12H14N6O2. The Morgan fingerprint density at radius 1 is 1.30 bits per heavy atom. The van der Waals surface area contributed by atoms with Gasteiger partial charge in [0.15, 0.2) is 0 Å². The summed E-state index contributed by atoms with van der Waals surface area (Å²) in [5, 5.41) is 14.2. The molecule has 0 bridgehead atoms. The van der Waals surface area contributed by atoms with Gasteiger partial charge >= 0.3 is 5.69 Å².